The van der Waals surface area contributed by atoms with Gasteiger partial charge in [0.05, 0.1) is 7.11 Å². The van der Waals surface area contributed by atoms with Crippen LogP contribution < -0.4 is 10.2 Å². The van der Waals surface area contributed by atoms with Crippen LogP contribution in [0.4, 0.5) is 0 Å². The predicted octanol–water partition coefficient (Wildman–Crippen LogP) is -0.204. The van der Waals surface area contributed by atoms with Crippen molar-refractivity contribution in [3.63, 3.8) is 0 Å². The maximum atomic E-state index is 9.30. The molecule has 6 nitrogen and oxygen atoms in total. The molecule has 19 heavy (non-hydrogen) atoms. The molecular formula is C11H14BN3O3S. The van der Waals surface area contributed by atoms with Gasteiger partial charge in [0.2, 0.25) is 0 Å². The maximum absolute atomic E-state index is 9.30. The van der Waals surface area contributed by atoms with E-state index in [4.69, 9.17) is 4.74 Å². The van der Waals surface area contributed by atoms with E-state index in [1.165, 1.54) is 18.9 Å². The van der Waals surface area contributed by atoms with Crippen LogP contribution >= 0.6 is 11.8 Å². The predicted molar refractivity (Wildman–Crippen MR) is 73.4 cm³/mol. The van der Waals surface area contributed by atoms with Gasteiger partial charge in [0, 0.05) is 18.3 Å². The fraction of sp³-hybridized carbons (Fsp3) is 0.273. The van der Waals surface area contributed by atoms with Gasteiger partial charge in [-0.15, -0.1) is 10.2 Å². The number of methoxy groups -OCH3 is 1. The zero-order valence-corrected chi connectivity index (χ0v) is 11.5. The Kier molecular flexibility index (Phi) is 4.46. The summed E-state index contributed by atoms with van der Waals surface area (Å²) in [4.78, 5) is 0. The third kappa shape index (κ3) is 3.28. The molecule has 0 bridgehead atoms. The minimum Gasteiger partial charge on any atom is -0.497 e. The van der Waals surface area contributed by atoms with Crippen molar-refractivity contribution in [1.82, 2.24) is 14.8 Å². The first-order chi connectivity index (χ1) is 9.11. The fourth-order valence-corrected chi connectivity index (χ4v) is 2.46. The molecule has 0 fully saturated rings. The summed E-state index contributed by atoms with van der Waals surface area (Å²) in [7, 11) is 1.82. The Hall–Kier alpha value is -1.51. The highest BCUT2D eigenvalue weighted by Gasteiger charge is 2.17. The smallest absolute Gasteiger partial charge is 0.492 e. The number of nitrogens with zero attached hydrogens (tertiary/aromatic N) is 3. The Bertz CT molecular complexity index is 562. The second-order valence-corrected chi connectivity index (χ2v) is 4.91. The average molecular weight is 279 g/mol. The number of hydrogen-bond acceptors (Lipinski definition) is 6. The lowest BCUT2D eigenvalue weighted by Crippen LogP contribution is -2.31. The second kappa shape index (κ2) is 6.09. The summed E-state index contributed by atoms with van der Waals surface area (Å²) in [5, 5.41) is 27.2. The van der Waals surface area contributed by atoms with Gasteiger partial charge in [0.25, 0.3) is 0 Å². The van der Waals surface area contributed by atoms with Crippen molar-refractivity contribution in [3.8, 4) is 5.75 Å². The molecule has 0 unspecified atom stereocenters. The van der Waals surface area contributed by atoms with E-state index >= 15 is 0 Å². The zero-order valence-electron chi connectivity index (χ0n) is 10.6. The molecule has 1 heterocycles. The minimum absolute atomic E-state index is 0.360. The van der Waals surface area contributed by atoms with Crippen molar-refractivity contribution in [2.75, 3.05) is 7.11 Å². The van der Waals surface area contributed by atoms with E-state index in [0.29, 0.717) is 17.0 Å². The van der Waals surface area contributed by atoms with Gasteiger partial charge in [-0.25, -0.2) is 0 Å². The molecule has 0 aliphatic heterocycles. The van der Waals surface area contributed by atoms with E-state index in [0.717, 1.165) is 10.7 Å². The third-order valence-electron chi connectivity index (χ3n) is 2.61. The van der Waals surface area contributed by atoms with E-state index in [1.807, 2.05) is 17.7 Å². The standard InChI is InChI=1S/C11H14BN3O3S/c1-15-7-13-14-11(15)19-6-8-3-4-10(18-2)9(5-8)12(16)17/h3-5,7,16-17H,6H2,1-2H3. The molecule has 0 spiro atoms. The Morgan fingerprint density at radius 2 is 2.21 bits per heavy atom. The molecule has 2 aromatic rings. The fourth-order valence-electron chi connectivity index (χ4n) is 1.63. The molecule has 0 aliphatic rings. The van der Waals surface area contributed by atoms with Crippen LogP contribution in [0.15, 0.2) is 29.7 Å². The maximum Gasteiger partial charge on any atom is 0.492 e. The van der Waals surface area contributed by atoms with Gasteiger partial charge in [-0.1, -0.05) is 23.9 Å². The van der Waals surface area contributed by atoms with E-state index < -0.39 is 7.12 Å². The van der Waals surface area contributed by atoms with Crippen molar-refractivity contribution in [2.24, 2.45) is 7.05 Å². The molecule has 0 radical (unpaired) electrons. The lowest BCUT2D eigenvalue weighted by Gasteiger charge is -2.09. The summed E-state index contributed by atoms with van der Waals surface area (Å²) in [6.45, 7) is 0. The van der Waals surface area contributed by atoms with Crippen LogP contribution in [0.3, 0.4) is 0 Å². The Labute approximate surface area is 115 Å². The molecule has 8 heteroatoms. The van der Waals surface area contributed by atoms with Crippen LogP contribution in [-0.4, -0.2) is 39.0 Å². The van der Waals surface area contributed by atoms with E-state index in [2.05, 4.69) is 10.2 Å². The lowest BCUT2D eigenvalue weighted by atomic mass is 9.79. The first-order valence-corrected chi connectivity index (χ1v) is 6.60. The number of aryl methyl sites for hydroxylation is 1. The number of aromatic nitrogens is 3. The first-order valence-electron chi connectivity index (χ1n) is 5.61. The molecule has 100 valence electrons. The molecule has 2 N–H and O–H groups in total. The molecule has 1 aromatic heterocycles. The number of hydrogen-bond donors (Lipinski definition) is 2. The van der Waals surface area contributed by atoms with Crippen LogP contribution in [0.25, 0.3) is 0 Å². The van der Waals surface area contributed by atoms with Gasteiger partial charge in [-0.3, -0.25) is 0 Å². The monoisotopic (exact) mass is 279 g/mol. The van der Waals surface area contributed by atoms with Crippen molar-refractivity contribution < 1.29 is 14.8 Å². The molecule has 0 saturated carbocycles. The number of benzene rings is 1. The van der Waals surface area contributed by atoms with Gasteiger partial charge in [0.1, 0.15) is 12.1 Å². The van der Waals surface area contributed by atoms with E-state index in [9.17, 15) is 10.0 Å². The molecule has 2 rings (SSSR count). The highest BCUT2D eigenvalue weighted by molar-refractivity contribution is 7.98. The van der Waals surface area contributed by atoms with Crippen molar-refractivity contribution in [3.05, 3.63) is 30.1 Å². The van der Waals surface area contributed by atoms with Crippen LogP contribution in [0, 0.1) is 0 Å². The van der Waals surface area contributed by atoms with E-state index in [-0.39, 0.29) is 0 Å². The quantitative estimate of drug-likeness (QED) is 0.582. The Morgan fingerprint density at radius 3 is 2.79 bits per heavy atom. The van der Waals surface area contributed by atoms with Crippen LogP contribution in [0.2, 0.25) is 0 Å². The van der Waals surface area contributed by atoms with Crippen LogP contribution in [0.1, 0.15) is 5.56 Å². The highest BCUT2D eigenvalue weighted by Crippen LogP contribution is 2.20. The minimum atomic E-state index is -1.55. The van der Waals surface area contributed by atoms with Crippen LogP contribution in [0.5, 0.6) is 5.75 Å². The summed E-state index contributed by atoms with van der Waals surface area (Å²) in [6, 6.07) is 5.32. The molecule has 0 aliphatic carbocycles. The lowest BCUT2D eigenvalue weighted by molar-refractivity contribution is 0.403. The normalized spacial score (nSPS) is 10.5. The van der Waals surface area contributed by atoms with Gasteiger partial charge in [-0.2, -0.15) is 0 Å². The zero-order chi connectivity index (χ0) is 13.8. The Balaban J connectivity index is 2.13. The molecular weight excluding hydrogens is 265 g/mol. The van der Waals surface area contributed by atoms with Crippen molar-refractivity contribution in [1.29, 1.82) is 0 Å². The van der Waals surface area contributed by atoms with Gasteiger partial charge in [-0.05, 0) is 11.6 Å². The largest absolute Gasteiger partial charge is 0.497 e. The summed E-state index contributed by atoms with van der Waals surface area (Å²) in [5.41, 5.74) is 1.32. The summed E-state index contributed by atoms with van der Waals surface area (Å²) >= 11 is 1.53. The summed E-state index contributed by atoms with van der Waals surface area (Å²) < 4.78 is 6.91. The SMILES string of the molecule is COc1ccc(CSc2nncn2C)cc1B(O)O. The topological polar surface area (TPSA) is 80.4 Å². The molecule has 0 amide bonds. The number of thioether (sulfide) groups is 1. The summed E-state index contributed by atoms with van der Waals surface area (Å²) in [6.07, 6.45) is 1.64. The van der Waals surface area contributed by atoms with Gasteiger partial charge < -0.3 is 19.4 Å². The van der Waals surface area contributed by atoms with E-state index in [1.54, 1.807) is 18.5 Å². The highest BCUT2D eigenvalue weighted by atomic mass is 32.2. The Morgan fingerprint density at radius 1 is 1.42 bits per heavy atom. The average Bonchev–Trinajstić information content (AvgIpc) is 2.81. The number of ether oxygens (including phenoxy) is 1. The number of rotatable bonds is 5. The van der Waals surface area contributed by atoms with Crippen molar-refractivity contribution in [2.45, 2.75) is 10.9 Å². The summed E-state index contributed by atoms with van der Waals surface area (Å²) in [5.74, 6) is 1.12. The van der Waals surface area contributed by atoms with Crippen LogP contribution in [-0.2, 0) is 12.8 Å². The van der Waals surface area contributed by atoms with Gasteiger partial charge in [0.15, 0.2) is 5.16 Å². The third-order valence-corrected chi connectivity index (χ3v) is 3.72. The second-order valence-electron chi connectivity index (χ2n) is 3.96. The molecule has 0 saturated heterocycles. The first kappa shape index (κ1) is 13.9. The molecule has 0 atom stereocenters. The van der Waals surface area contributed by atoms with Gasteiger partial charge >= 0.3 is 7.12 Å². The molecule has 1 aromatic carbocycles. The van der Waals surface area contributed by atoms with Crippen molar-refractivity contribution >= 4 is 24.3 Å².